The SMILES string of the molecule is COc1ccc(OC)c(S(=O)(=O)N2CCC[C@H](C(=O)Nc3cc(Cl)ccc3C)C2)c1. The molecule has 0 unspecified atom stereocenters. The number of benzene rings is 2. The largest absolute Gasteiger partial charge is 0.497 e. The summed E-state index contributed by atoms with van der Waals surface area (Å²) in [6, 6.07) is 9.90. The summed E-state index contributed by atoms with van der Waals surface area (Å²) < 4.78 is 38.4. The van der Waals surface area contributed by atoms with Crippen molar-refractivity contribution in [3.8, 4) is 11.5 Å². The van der Waals surface area contributed by atoms with E-state index in [1.807, 2.05) is 13.0 Å². The second kappa shape index (κ2) is 9.24. The average Bonchev–Trinajstić information content (AvgIpc) is 2.75. The van der Waals surface area contributed by atoms with Gasteiger partial charge in [0.2, 0.25) is 15.9 Å². The number of anilines is 1. The van der Waals surface area contributed by atoms with E-state index < -0.39 is 15.9 Å². The fourth-order valence-electron chi connectivity index (χ4n) is 3.46. The Hall–Kier alpha value is -2.29. The van der Waals surface area contributed by atoms with E-state index in [9.17, 15) is 13.2 Å². The van der Waals surface area contributed by atoms with E-state index in [1.54, 1.807) is 24.3 Å². The maximum absolute atomic E-state index is 13.3. The molecule has 0 bridgehead atoms. The number of amides is 1. The van der Waals surface area contributed by atoms with Crippen molar-refractivity contribution >= 4 is 33.2 Å². The van der Waals surface area contributed by atoms with Gasteiger partial charge in [0.05, 0.1) is 20.1 Å². The zero-order chi connectivity index (χ0) is 21.9. The molecular weight excluding hydrogens is 428 g/mol. The average molecular weight is 453 g/mol. The van der Waals surface area contributed by atoms with Crippen molar-refractivity contribution in [2.24, 2.45) is 5.92 Å². The van der Waals surface area contributed by atoms with Crippen LogP contribution in [0.5, 0.6) is 11.5 Å². The van der Waals surface area contributed by atoms with Crippen LogP contribution >= 0.6 is 11.6 Å². The van der Waals surface area contributed by atoms with Crippen LogP contribution in [0.1, 0.15) is 18.4 Å². The minimum absolute atomic E-state index is 0.0242. The summed E-state index contributed by atoms with van der Waals surface area (Å²) in [6.45, 7) is 2.30. The molecule has 162 valence electrons. The van der Waals surface area contributed by atoms with Crippen LogP contribution < -0.4 is 14.8 Å². The van der Waals surface area contributed by atoms with Crippen LogP contribution in [0.4, 0.5) is 5.69 Å². The number of carbonyl (C=O) groups is 1. The smallest absolute Gasteiger partial charge is 0.246 e. The molecule has 1 aliphatic rings. The van der Waals surface area contributed by atoms with Crippen LogP contribution in [0.15, 0.2) is 41.3 Å². The van der Waals surface area contributed by atoms with Gasteiger partial charge in [0.15, 0.2) is 0 Å². The van der Waals surface area contributed by atoms with Gasteiger partial charge in [-0.3, -0.25) is 4.79 Å². The zero-order valence-electron chi connectivity index (χ0n) is 17.1. The van der Waals surface area contributed by atoms with Crippen molar-refractivity contribution in [3.05, 3.63) is 47.0 Å². The molecule has 1 saturated heterocycles. The Bertz CT molecular complexity index is 1040. The Balaban J connectivity index is 1.81. The minimum Gasteiger partial charge on any atom is -0.497 e. The fourth-order valence-corrected chi connectivity index (χ4v) is 5.33. The normalized spacial score (nSPS) is 17.4. The molecule has 7 nitrogen and oxygen atoms in total. The van der Waals surface area contributed by atoms with Gasteiger partial charge < -0.3 is 14.8 Å². The summed E-state index contributed by atoms with van der Waals surface area (Å²) in [5.74, 6) is -0.0459. The maximum Gasteiger partial charge on any atom is 0.246 e. The third kappa shape index (κ3) is 4.71. The number of nitrogens with one attached hydrogen (secondary N) is 1. The number of nitrogens with zero attached hydrogens (tertiary/aromatic N) is 1. The lowest BCUT2D eigenvalue weighted by Gasteiger charge is -2.31. The Labute approximate surface area is 182 Å². The number of aryl methyl sites for hydroxylation is 1. The molecular formula is C21H25ClN2O5S. The van der Waals surface area contributed by atoms with E-state index >= 15 is 0 Å². The molecule has 2 aromatic carbocycles. The molecule has 0 aromatic heterocycles. The van der Waals surface area contributed by atoms with Gasteiger partial charge in [0, 0.05) is 29.9 Å². The number of ether oxygens (including phenoxy) is 2. The molecule has 1 heterocycles. The van der Waals surface area contributed by atoms with E-state index in [1.165, 1.54) is 24.6 Å². The highest BCUT2D eigenvalue weighted by molar-refractivity contribution is 7.89. The molecule has 0 spiro atoms. The van der Waals surface area contributed by atoms with Gasteiger partial charge >= 0.3 is 0 Å². The van der Waals surface area contributed by atoms with Crippen LogP contribution in [0.2, 0.25) is 5.02 Å². The van der Waals surface area contributed by atoms with Crippen molar-refractivity contribution in [2.45, 2.75) is 24.7 Å². The number of methoxy groups -OCH3 is 2. The summed E-state index contributed by atoms with van der Waals surface area (Å²) >= 11 is 6.03. The predicted octanol–water partition coefficient (Wildman–Crippen LogP) is 3.71. The van der Waals surface area contributed by atoms with Crippen molar-refractivity contribution in [1.82, 2.24) is 4.31 Å². The van der Waals surface area contributed by atoms with Gasteiger partial charge in [-0.2, -0.15) is 4.31 Å². The number of sulfonamides is 1. The van der Waals surface area contributed by atoms with Crippen molar-refractivity contribution in [3.63, 3.8) is 0 Å². The highest BCUT2D eigenvalue weighted by Gasteiger charge is 2.35. The second-order valence-corrected chi connectivity index (χ2v) is 9.51. The second-order valence-electron chi connectivity index (χ2n) is 7.17. The molecule has 1 N–H and O–H groups in total. The molecule has 0 saturated carbocycles. The molecule has 0 radical (unpaired) electrons. The summed E-state index contributed by atoms with van der Waals surface area (Å²) in [4.78, 5) is 12.9. The fraction of sp³-hybridized carbons (Fsp3) is 0.381. The number of hydrogen-bond acceptors (Lipinski definition) is 5. The molecule has 3 rings (SSSR count). The quantitative estimate of drug-likeness (QED) is 0.722. The Morgan fingerprint density at radius 1 is 1.17 bits per heavy atom. The summed E-state index contributed by atoms with van der Waals surface area (Å²) in [5.41, 5.74) is 1.51. The Morgan fingerprint density at radius 3 is 2.63 bits per heavy atom. The van der Waals surface area contributed by atoms with Gasteiger partial charge in [-0.25, -0.2) is 8.42 Å². The molecule has 0 aliphatic carbocycles. The van der Waals surface area contributed by atoms with Crippen LogP contribution in [0, 0.1) is 12.8 Å². The van der Waals surface area contributed by atoms with Gasteiger partial charge in [0.1, 0.15) is 16.4 Å². The monoisotopic (exact) mass is 452 g/mol. The van der Waals surface area contributed by atoms with Crippen LogP contribution in [0.3, 0.4) is 0 Å². The van der Waals surface area contributed by atoms with Crippen LogP contribution in [-0.2, 0) is 14.8 Å². The van der Waals surface area contributed by atoms with Gasteiger partial charge in [0.25, 0.3) is 0 Å². The lowest BCUT2D eigenvalue weighted by molar-refractivity contribution is -0.120. The standard InChI is InChI=1S/C21H25ClN2O5S/c1-14-6-7-16(22)11-18(14)23-21(25)15-5-4-10-24(13-15)30(26,27)20-12-17(28-2)8-9-19(20)29-3/h6-9,11-12,15H,4-5,10,13H2,1-3H3,(H,23,25)/t15-/m0/s1. The third-order valence-corrected chi connectivity index (χ3v) is 7.32. The van der Waals surface area contributed by atoms with Crippen molar-refractivity contribution in [2.75, 3.05) is 32.6 Å². The molecule has 1 aliphatic heterocycles. The maximum atomic E-state index is 13.3. The number of carbonyl (C=O) groups excluding carboxylic acids is 1. The zero-order valence-corrected chi connectivity index (χ0v) is 18.7. The topological polar surface area (TPSA) is 84.9 Å². The number of hydrogen-bond donors (Lipinski definition) is 1. The molecule has 9 heteroatoms. The van der Waals surface area contributed by atoms with E-state index in [-0.39, 0.29) is 23.1 Å². The Kier molecular flexibility index (Phi) is 6.90. The van der Waals surface area contributed by atoms with E-state index in [4.69, 9.17) is 21.1 Å². The van der Waals surface area contributed by atoms with E-state index in [0.717, 1.165) is 5.56 Å². The van der Waals surface area contributed by atoms with Crippen LogP contribution in [-0.4, -0.2) is 45.9 Å². The van der Waals surface area contributed by atoms with Crippen molar-refractivity contribution < 1.29 is 22.7 Å². The van der Waals surface area contributed by atoms with E-state index in [0.29, 0.717) is 35.8 Å². The first kappa shape index (κ1) is 22.4. The summed E-state index contributed by atoms with van der Waals surface area (Å²) in [6.07, 6.45) is 1.19. The third-order valence-electron chi connectivity index (χ3n) is 5.20. The lowest BCUT2D eigenvalue weighted by atomic mass is 9.98. The molecule has 1 atom stereocenters. The number of rotatable bonds is 6. The molecule has 2 aromatic rings. The highest BCUT2D eigenvalue weighted by Crippen LogP contribution is 2.33. The van der Waals surface area contributed by atoms with Gasteiger partial charge in [-0.1, -0.05) is 17.7 Å². The molecule has 30 heavy (non-hydrogen) atoms. The number of halogens is 1. The minimum atomic E-state index is -3.86. The van der Waals surface area contributed by atoms with Crippen LogP contribution in [0.25, 0.3) is 0 Å². The van der Waals surface area contributed by atoms with Gasteiger partial charge in [-0.15, -0.1) is 0 Å². The molecule has 1 fully saturated rings. The summed E-state index contributed by atoms with van der Waals surface area (Å²) in [7, 11) is -0.978. The first-order chi connectivity index (χ1) is 14.3. The number of piperidine rings is 1. The highest BCUT2D eigenvalue weighted by atomic mass is 35.5. The molecule has 1 amide bonds. The van der Waals surface area contributed by atoms with E-state index in [2.05, 4.69) is 5.32 Å². The first-order valence-corrected chi connectivity index (χ1v) is 11.4. The first-order valence-electron chi connectivity index (χ1n) is 9.55. The predicted molar refractivity (Wildman–Crippen MR) is 116 cm³/mol. The van der Waals surface area contributed by atoms with Crippen molar-refractivity contribution in [1.29, 1.82) is 0 Å². The van der Waals surface area contributed by atoms with Gasteiger partial charge in [-0.05, 0) is 49.6 Å². The summed E-state index contributed by atoms with van der Waals surface area (Å²) in [5, 5.41) is 3.41. The lowest BCUT2D eigenvalue weighted by Crippen LogP contribution is -2.43. The Morgan fingerprint density at radius 2 is 1.93 bits per heavy atom.